The molecular weight excluding hydrogens is 377 g/mol. The fourth-order valence-corrected chi connectivity index (χ4v) is 3.27. The van der Waals surface area contributed by atoms with Crippen LogP contribution in [0, 0.1) is 0 Å². The highest BCUT2D eigenvalue weighted by Crippen LogP contribution is 2.28. The average Bonchev–Trinajstić information content (AvgIpc) is 3.26. The number of carbonyl (C=O) groups excluding carboxylic acids is 1. The first-order valence-corrected chi connectivity index (χ1v) is 9.53. The second-order valence-electron chi connectivity index (χ2n) is 5.69. The number of rotatable bonds is 5. The fourth-order valence-electron chi connectivity index (χ4n) is 2.30. The van der Waals surface area contributed by atoms with Crippen LogP contribution >= 0.6 is 34.5 Å². The number of halogens is 2. The first-order chi connectivity index (χ1) is 12.0. The van der Waals surface area contributed by atoms with Gasteiger partial charge in [-0.1, -0.05) is 36.2 Å². The van der Waals surface area contributed by atoms with E-state index >= 15 is 0 Å². The Labute approximate surface area is 160 Å². The van der Waals surface area contributed by atoms with Gasteiger partial charge in [-0.15, -0.1) is 11.3 Å². The molecule has 0 aliphatic heterocycles. The third-order valence-electron chi connectivity index (χ3n) is 3.85. The minimum Gasteiger partial charge on any atom is -0.348 e. The van der Waals surface area contributed by atoms with E-state index in [1.165, 1.54) is 0 Å². The van der Waals surface area contributed by atoms with Crippen molar-refractivity contribution in [2.45, 2.75) is 26.3 Å². The summed E-state index contributed by atoms with van der Waals surface area (Å²) in [6, 6.07) is 11.0. The summed E-state index contributed by atoms with van der Waals surface area (Å²) in [5.74, 6) is -0.171. The summed E-state index contributed by atoms with van der Waals surface area (Å²) in [6.45, 7) is 4.00. The van der Waals surface area contributed by atoms with E-state index in [9.17, 15) is 4.79 Å². The first-order valence-electron chi connectivity index (χ1n) is 7.89. The topological polar surface area (TPSA) is 46.9 Å². The van der Waals surface area contributed by atoms with Gasteiger partial charge >= 0.3 is 0 Å². The molecule has 25 heavy (non-hydrogen) atoms. The summed E-state index contributed by atoms with van der Waals surface area (Å²) in [5.41, 5.74) is 1.89. The molecule has 2 aromatic heterocycles. The molecule has 1 N–H and O–H groups in total. The van der Waals surface area contributed by atoms with E-state index in [1.807, 2.05) is 31.4 Å². The van der Waals surface area contributed by atoms with E-state index in [-0.39, 0.29) is 11.9 Å². The standard InChI is InChI=1S/C18H17Cl2N3OS/c1-3-11(2)21-18(24)16-10-15(17-5-4-8-25-17)22-23(16)12-6-7-13(19)14(20)9-12/h4-11H,3H2,1-2H3,(H,21,24). The monoisotopic (exact) mass is 393 g/mol. The predicted molar refractivity (Wildman–Crippen MR) is 104 cm³/mol. The van der Waals surface area contributed by atoms with Gasteiger partial charge in [-0.3, -0.25) is 4.79 Å². The van der Waals surface area contributed by atoms with Crippen molar-refractivity contribution >= 4 is 40.4 Å². The van der Waals surface area contributed by atoms with Crippen molar-refractivity contribution in [2.75, 3.05) is 0 Å². The van der Waals surface area contributed by atoms with Crippen molar-refractivity contribution in [1.29, 1.82) is 0 Å². The van der Waals surface area contributed by atoms with Crippen LogP contribution in [0.2, 0.25) is 10.0 Å². The Morgan fingerprint density at radius 3 is 2.72 bits per heavy atom. The number of benzene rings is 1. The van der Waals surface area contributed by atoms with Crippen LogP contribution in [0.3, 0.4) is 0 Å². The number of carbonyl (C=O) groups is 1. The molecule has 3 aromatic rings. The molecule has 0 saturated heterocycles. The Hall–Kier alpha value is -1.82. The summed E-state index contributed by atoms with van der Waals surface area (Å²) >= 11 is 13.7. The Kier molecular flexibility index (Phi) is 5.47. The number of nitrogens with one attached hydrogen (secondary N) is 1. The van der Waals surface area contributed by atoms with Crippen LogP contribution in [-0.4, -0.2) is 21.7 Å². The van der Waals surface area contributed by atoms with E-state index in [1.54, 1.807) is 40.3 Å². The first kappa shape index (κ1) is 18.0. The van der Waals surface area contributed by atoms with E-state index in [0.717, 1.165) is 17.0 Å². The Morgan fingerprint density at radius 1 is 1.28 bits per heavy atom. The highest BCUT2D eigenvalue weighted by molar-refractivity contribution is 7.13. The van der Waals surface area contributed by atoms with E-state index in [2.05, 4.69) is 10.4 Å². The molecular formula is C18H17Cl2N3OS. The van der Waals surface area contributed by atoms with E-state index in [4.69, 9.17) is 23.2 Å². The zero-order chi connectivity index (χ0) is 18.0. The summed E-state index contributed by atoms with van der Waals surface area (Å²) in [4.78, 5) is 13.7. The quantitative estimate of drug-likeness (QED) is 0.627. The molecule has 1 aromatic carbocycles. The second-order valence-corrected chi connectivity index (χ2v) is 7.45. The molecule has 3 rings (SSSR count). The lowest BCUT2D eigenvalue weighted by atomic mass is 10.2. The molecule has 0 spiro atoms. The van der Waals surface area contributed by atoms with Crippen molar-refractivity contribution in [1.82, 2.24) is 15.1 Å². The van der Waals surface area contributed by atoms with Crippen molar-refractivity contribution in [3.63, 3.8) is 0 Å². The zero-order valence-corrected chi connectivity index (χ0v) is 16.1. The molecule has 1 amide bonds. The normalized spacial score (nSPS) is 12.2. The maximum Gasteiger partial charge on any atom is 0.270 e. The fraction of sp³-hybridized carbons (Fsp3) is 0.222. The zero-order valence-electron chi connectivity index (χ0n) is 13.8. The maximum absolute atomic E-state index is 12.7. The summed E-state index contributed by atoms with van der Waals surface area (Å²) in [6.07, 6.45) is 0.852. The van der Waals surface area contributed by atoms with Gasteiger partial charge in [0, 0.05) is 6.04 Å². The Morgan fingerprint density at radius 2 is 2.08 bits per heavy atom. The number of hydrogen-bond donors (Lipinski definition) is 1. The number of thiophene rings is 1. The third kappa shape index (κ3) is 3.89. The molecule has 1 atom stereocenters. The number of nitrogens with zero attached hydrogens (tertiary/aromatic N) is 2. The molecule has 4 nitrogen and oxygen atoms in total. The highest BCUT2D eigenvalue weighted by Gasteiger charge is 2.19. The van der Waals surface area contributed by atoms with Crippen LogP contribution in [0.25, 0.3) is 16.3 Å². The Balaban J connectivity index is 2.08. The van der Waals surface area contributed by atoms with Gasteiger partial charge < -0.3 is 5.32 Å². The minimum absolute atomic E-state index is 0.0786. The number of amides is 1. The molecule has 0 aliphatic rings. The van der Waals surface area contributed by atoms with Gasteiger partial charge in [0.2, 0.25) is 0 Å². The van der Waals surface area contributed by atoms with Crippen molar-refractivity contribution in [2.24, 2.45) is 0 Å². The van der Waals surface area contributed by atoms with Gasteiger partial charge in [-0.05, 0) is 49.1 Å². The summed E-state index contributed by atoms with van der Waals surface area (Å²) in [5, 5.41) is 10.5. The lowest BCUT2D eigenvalue weighted by Gasteiger charge is -2.12. The van der Waals surface area contributed by atoms with Gasteiger partial charge in [-0.25, -0.2) is 4.68 Å². The second kappa shape index (κ2) is 7.60. The SMILES string of the molecule is CCC(C)NC(=O)c1cc(-c2cccs2)nn1-c1ccc(Cl)c(Cl)c1. The summed E-state index contributed by atoms with van der Waals surface area (Å²) in [7, 11) is 0. The lowest BCUT2D eigenvalue weighted by Crippen LogP contribution is -2.33. The average molecular weight is 394 g/mol. The highest BCUT2D eigenvalue weighted by atomic mass is 35.5. The third-order valence-corrected chi connectivity index (χ3v) is 5.48. The van der Waals surface area contributed by atoms with Gasteiger partial charge in [0.05, 0.1) is 20.6 Å². The van der Waals surface area contributed by atoms with E-state index < -0.39 is 0 Å². The maximum atomic E-state index is 12.7. The van der Waals surface area contributed by atoms with Crippen LogP contribution in [0.5, 0.6) is 0 Å². The predicted octanol–water partition coefficient (Wildman–Crippen LogP) is 5.44. The van der Waals surface area contributed by atoms with E-state index in [0.29, 0.717) is 21.4 Å². The lowest BCUT2D eigenvalue weighted by molar-refractivity contribution is 0.0931. The van der Waals surface area contributed by atoms with Gasteiger partial charge in [0.25, 0.3) is 5.91 Å². The van der Waals surface area contributed by atoms with Crippen molar-refractivity contribution in [3.05, 3.63) is 57.5 Å². The summed E-state index contributed by atoms with van der Waals surface area (Å²) < 4.78 is 1.61. The molecule has 7 heteroatoms. The Bertz CT molecular complexity index is 890. The molecule has 2 heterocycles. The molecule has 0 saturated carbocycles. The van der Waals surface area contributed by atoms with Crippen LogP contribution in [0.15, 0.2) is 41.8 Å². The molecule has 1 unspecified atom stereocenters. The smallest absolute Gasteiger partial charge is 0.270 e. The van der Waals surface area contributed by atoms with Gasteiger partial charge in [0.15, 0.2) is 0 Å². The molecule has 130 valence electrons. The largest absolute Gasteiger partial charge is 0.348 e. The minimum atomic E-state index is -0.171. The van der Waals surface area contributed by atoms with Crippen LogP contribution in [0.4, 0.5) is 0 Å². The van der Waals surface area contributed by atoms with Crippen molar-refractivity contribution < 1.29 is 4.79 Å². The molecule has 0 aliphatic carbocycles. The van der Waals surface area contributed by atoms with Gasteiger partial charge in [0.1, 0.15) is 11.4 Å². The number of aromatic nitrogens is 2. The number of hydrogen-bond acceptors (Lipinski definition) is 3. The molecule has 0 radical (unpaired) electrons. The van der Waals surface area contributed by atoms with Crippen LogP contribution < -0.4 is 5.32 Å². The van der Waals surface area contributed by atoms with Crippen LogP contribution in [-0.2, 0) is 0 Å². The van der Waals surface area contributed by atoms with Crippen LogP contribution in [0.1, 0.15) is 30.8 Å². The molecule has 0 bridgehead atoms. The van der Waals surface area contributed by atoms with Crippen molar-refractivity contribution in [3.8, 4) is 16.3 Å². The molecule has 0 fully saturated rings. The van der Waals surface area contributed by atoms with Gasteiger partial charge in [-0.2, -0.15) is 5.10 Å².